The molecule has 5 aromatic rings. The number of aliphatic carboxylic acids is 1. The summed E-state index contributed by atoms with van der Waals surface area (Å²) < 4.78 is 85.1. The van der Waals surface area contributed by atoms with Crippen LogP contribution in [0.15, 0.2) is 85.1 Å². The standard InChI is InChI=1S/C34H21ClF6N4O3/c35-25-11-17(16-42)6-8-23(25)24-9-7-18(22-5-2-10-43-30(22)24)13-28(33(47)48)45-32(46)29-26(37)14-21(15-27(29)38)44-31(34(39,40)41)19-3-1-4-20(36)12-19/h1-12,14-15,28,31,44H,13H2,(H,45,46)(H,47,48)/t28-,31+/m0/s1. The van der Waals surface area contributed by atoms with Crippen molar-refractivity contribution in [1.29, 1.82) is 5.26 Å². The Bertz CT molecular complexity index is 2080. The Morgan fingerprint density at radius 3 is 2.27 bits per heavy atom. The zero-order chi connectivity index (χ0) is 34.7. The van der Waals surface area contributed by atoms with Crippen LogP contribution in [-0.4, -0.2) is 34.2 Å². The van der Waals surface area contributed by atoms with Gasteiger partial charge in [0.2, 0.25) is 0 Å². The number of alkyl halides is 3. The van der Waals surface area contributed by atoms with Crippen molar-refractivity contribution in [2.24, 2.45) is 0 Å². The van der Waals surface area contributed by atoms with E-state index < -0.39 is 64.4 Å². The molecule has 0 spiro atoms. The second kappa shape index (κ2) is 13.6. The molecule has 0 aliphatic carbocycles. The van der Waals surface area contributed by atoms with Crippen LogP contribution in [0.3, 0.4) is 0 Å². The molecule has 3 N–H and O–H groups in total. The molecule has 2 atom stereocenters. The summed E-state index contributed by atoms with van der Waals surface area (Å²) in [6.07, 6.45) is -3.85. The number of nitrogens with zero attached hydrogens (tertiary/aromatic N) is 2. The molecule has 1 amide bonds. The lowest BCUT2D eigenvalue weighted by atomic mass is 9.94. The van der Waals surface area contributed by atoms with E-state index in [-0.39, 0.29) is 11.4 Å². The minimum absolute atomic E-state index is 0.276. The molecule has 1 aromatic heterocycles. The Morgan fingerprint density at radius 1 is 0.938 bits per heavy atom. The van der Waals surface area contributed by atoms with Gasteiger partial charge in [0.25, 0.3) is 5.91 Å². The van der Waals surface area contributed by atoms with Crippen LogP contribution in [0.2, 0.25) is 5.02 Å². The number of nitriles is 1. The number of nitrogens with one attached hydrogen (secondary N) is 2. The molecule has 0 saturated heterocycles. The van der Waals surface area contributed by atoms with Crippen molar-refractivity contribution < 1.29 is 41.0 Å². The zero-order valence-corrected chi connectivity index (χ0v) is 25.0. The predicted molar refractivity (Wildman–Crippen MR) is 165 cm³/mol. The van der Waals surface area contributed by atoms with E-state index >= 15 is 8.78 Å². The molecule has 4 aromatic carbocycles. The molecule has 5 rings (SSSR count). The van der Waals surface area contributed by atoms with Crippen LogP contribution in [0.5, 0.6) is 0 Å². The molecule has 1 heterocycles. The van der Waals surface area contributed by atoms with Crippen LogP contribution in [0.4, 0.5) is 32.0 Å². The van der Waals surface area contributed by atoms with Gasteiger partial charge in [-0.1, -0.05) is 48.0 Å². The van der Waals surface area contributed by atoms with Crippen molar-refractivity contribution in [2.45, 2.75) is 24.7 Å². The van der Waals surface area contributed by atoms with Gasteiger partial charge in [0.15, 0.2) is 0 Å². The summed E-state index contributed by atoms with van der Waals surface area (Å²) in [6, 6.07) is 13.3. The fraction of sp³-hybridized carbons (Fsp3) is 0.118. The third-order valence-corrected chi connectivity index (χ3v) is 7.68. The first-order valence-electron chi connectivity index (χ1n) is 13.9. The van der Waals surface area contributed by atoms with E-state index in [0.29, 0.717) is 51.4 Å². The highest BCUT2D eigenvalue weighted by Crippen LogP contribution is 2.37. The van der Waals surface area contributed by atoms with Crippen molar-refractivity contribution in [3.05, 3.63) is 130 Å². The molecule has 0 aliphatic rings. The lowest BCUT2D eigenvalue weighted by Crippen LogP contribution is -2.43. The average molecular weight is 683 g/mol. The zero-order valence-electron chi connectivity index (χ0n) is 24.2. The van der Waals surface area contributed by atoms with Crippen molar-refractivity contribution in [3.63, 3.8) is 0 Å². The molecule has 7 nitrogen and oxygen atoms in total. The monoisotopic (exact) mass is 682 g/mol. The molecule has 0 bridgehead atoms. The molecular weight excluding hydrogens is 662 g/mol. The maximum absolute atomic E-state index is 15.1. The largest absolute Gasteiger partial charge is 0.480 e. The van der Waals surface area contributed by atoms with Gasteiger partial charge in [0, 0.05) is 39.8 Å². The number of carbonyl (C=O) groups excluding carboxylic acids is 1. The van der Waals surface area contributed by atoms with Crippen LogP contribution >= 0.6 is 11.6 Å². The van der Waals surface area contributed by atoms with E-state index in [0.717, 1.165) is 18.2 Å². The number of fused-ring (bicyclic) bond motifs is 1. The van der Waals surface area contributed by atoms with Crippen molar-refractivity contribution in [2.75, 3.05) is 5.32 Å². The first kappa shape index (κ1) is 33.7. The number of rotatable bonds is 9. The second-order valence-corrected chi connectivity index (χ2v) is 10.9. The molecule has 0 unspecified atom stereocenters. The lowest BCUT2D eigenvalue weighted by molar-refractivity contribution is -0.144. The van der Waals surface area contributed by atoms with Crippen molar-refractivity contribution >= 4 is 40.1 Å². The molecule has 48 heavy (non-hydrogen) atoms. The Hall–Kier alpha value is -5.61. The topological polar surface area (TPSA) is 115 Å². The van der Waals surface area contributed by atoms with Crippen LogP contribution in [-0.2, 0) is 11.2 Å². The lowest BCUT2D eigenvalue weighted by Gasteiger charge is -2.23. The Labute approximate surface area is 273 Å². The van der Waals surface area contributed by atoms with E-state index in [4.69, 9.17) is 16.9 Å². The number of benzene rings is 4. The molecular formula is C34H21ClF6N4O3. The molecule has 0 radical (unpaired) electrons. The first-order valence-corrected chi connectivity index (χ1v) is 14.3. The Kier molecular flexibility index (Phi) is 9.58. The smallest absolute Gasteiger partial charge is 0.412 e. The van der Waals surface area contributed by atoms with Gasteiger partial charge in [-0.25, -0.2) is 18.0 Å². The third-order valence-electron chi connectivity index (χ3n) is 7.37. The average Bonchev–Trinajstić information content (AvgIpc) is 3.02. The highest BCUT2D eigenvalue weighted by Gasteiger charge is 2.41. The van der Waals surface area contributed by atoms with Crippen LogP contribution in [0.25, 0.3) is 22.0 Å². The fourth-order valence-corrected chi connectivity index (χ4v) is 5.44. The van der Waals surface area contributed by atoms with Gasteiger partial charge in [-0.05, 0) is 53.6 Å². The minimum atomic E-state index is -5.00. The van der Waals surface area contributed by atoms with Gasteiger partial charge in [-0.15, -0.1) is 0 Å². The number of carbonyl (C=O) groups is 2. The van der Waals surface area contributed by atoms with E-state index in [9.17, 15) is 32.3 Å². The summed E-state index contributed by atoms with van der Waals surface area (Å²) in [6.45, 7) is 0. The maximum Gasteiger partial charge on any atom is 0.412 e. The Morgan fingerprint density at radius 2 is 1.65 bits per heavy atom. The number of amides is 1. The summed E-state index contributed by atoms with van der Waals surface area (Å²) in [7, 11) is 0. The molecule has 0 aliphatic heterocycles. The summed E-state index contributed by atoms with van der Waals surface area (Å²) in [5.74, 6) is -7.11. The number of carboxylic acids is 1. The summed E-state index contributed by atoms with van der Waals surface area (Å²) in [5, 5.41) is 23.8. The number of halogens is 7. The summed E-state index contributed by atoms with van der Waals surface area (Å²) in [5.41, 5.74) is -0.208. The first-order chi connectivity index (χ1) is 22.8. The highest BCUT2D eigenvalue weighted by atomic mass is 35.5. The van der Waals surface area contributed by atoms with Crippen molar-refractivity contribution in [3.8, 4) is 17.2 Å². The Balaban J connectivity index is 1.41. The number of carboxylic acid groups (broad SMARTS) is 1. The number of hydrogen-bond acceptors (Lipinski definition) is 5. The number of pyridine rings is 1. The van der Waals surface area contributed by atoms with E-state index in [2.05, 4.69) is 10.3 Å². The number of aromatic nitrogens is 1. The van der Waals surface area contributed by atoms with Gasteiger partial charge in [0.1, 0.15) is 35.1 Å². The van der Waals surface area contributed by atoms with Gasteiger partial charge < -0.3 is 15.7 Å². The van der Waals surface area contributed by atoms with Gasteiger partial charge in [-0.2, -0.15) is 18.4 Å². The van der Waals surface area contributed by atoms with Gasteiger partial charge >= 0.3 is 12.1 Å². The van der Waals surface area contributed by atoms with Crippen molar-refractivity contribution in [1.82, 2.24) is 10.3 Å². The van der Waals surface area contributed by atoms with Gasteiger partial charge in [0.05, 0.1) is 17.1 Å². The molecule has 0 fully saturated rings. The summed E-state index contributed by atoms with van der Waals surface area (Å²) >= 11 is 6.40. The van der Waals surface area contributed by atoms with E-state index in [1.807, 2.05) is 11.4 Å². The SMILES string of the molecule is N#Cc1ccc(-c2ccc(C[C@H](NC(=O)c3c(F)cc(N[C@H](c4cccc(F)c4)C(F)(F)F)cc3F)C(=O)O)c3cccnc23)c(Cl)c1. The third kappa shape index (κ3) is 7.19. The molecule has 244 valence electrons. The quantitative estimate of drug-likeness (QED) is 0.136. The number of hydrogen-bond donors (Lipinski definition) is 3. The van der Waals surface area contributed by atoms with E-state index in [1.165, 1.54) is 12.3 Å². The molecule has 0 saturated carbocycles. The number of anilines is 1. The normalized spacial score (nSPS) is 12.6. The van der Waals surface area contributed by atoms with Crippen LogP contribution < -0.4 is 10.6 Å². The highest BCUT2D eigenvalue weighted by molar-refractivity contribution is 6.33. The predicted octanol–water partition coefficient (Wildman–Crippen LogP) is 7.99. The van der Waals surface area contributed by atoms with Crippen LogP contribution in [0, 0.1) is 28.8 Å². The van der Waals surface area contributed by atoms with Gasteiger partial charge in [-0.3, -0.25) is 9.78 Å². The summed E-state index contributed by atoms with van der Waals surface area (Å²) in [4.78, 5) is 29.6. The fourth-order valence-electron chi connectivity index (χ4n) is 5.16. The maximum atomic E-state index is 15.1. The molecule has 14 heteroatoms. The second-order valence-electron chi connectivity index (χ2n) is 10.5. The van der Waals surface area contributed by atoms with E-state index in [1.54, 1.807) is 36.4 Å². The minimum Gasteiger partial charge on any atom is -0.480 e. The van der Waals surface area contributed by atoms with Crippen LogP contribution in [0.1, 0.15) is 33.1 Å².